The SMILES string of the molecule is CC(O)C(N)C(=O)NC(CCC(N)=O)C(=O)NC(C(=O)NC(CO)C(=O)O)C(C)O. The molecule has 14 heteroatoms. The van der Waals surface area contributed by atoms with Gasteiger partial charge >= 0.3 is 5.97 Å². The van der Waals surface area contributed by atoms with Crippen molar-refractivity contribution in [2.24, 2.45) is 11.5 Å². The number of nitrogens with one attached hydrogen (secondary N) is 3. The van der Waals surface area contributed by atoms with E-state index in [-0.39, 0.29) is 12.8 Å². The average Bonchev–Trinajstić information content (AvgIpc) is 2.65. The maximum Gasteiger partial charge on any atom is 0.328 e. The molecule has 0 bridgehead atoms. The predicted molar refractivity (Wildman–Crippen MR) is 100 cm³/mol. The van der Waals surface area contributed by atoms with E-state index in [1.807, 2.05) is 5.32 Å². The molecular formula is C16H29N5O9. The number of primary amides is 1. The van der Waals surface area contributed by atoms with Crippen molar-refractivity contribution >= 4 is 29.6 Å². The van der Waals surface area contributed by atoms with Crippen molar-refractivity contribution < 1.29 is 44.4 Å². The molecular weight excluding hydrogens is 406 g/mol. The molecule has 0 radical (unpaired) electrons. The number of carbonyl (C=O) groups is 5. The molecule has 0 aliphatic rings. The summed E-state index contributed by atoms with van der Waals surface area (Å²) in [4.78, 5) is 58.8. The van der Waals surface area contributed by atoms with E-state index in [4.69, 9.17) is 21.7 Å². The topological polar surface area (TPSA) is 254 Å². The molecule has 0 fully saturated rings. The number of rotatable bonds is 13. The molecule has 0 rings (SSSR count). The highest BCUT2D eigenvalue weighted by Crippen LogP contribution is 2.03. The second-order valence-electron chi connectivity index (χ2n) is 6.64. The Morgan fingerprint density at radius 2 is 1.40 bits per heavy atom. The summed E-state index contributed by atoms with van der Waals surface area (Å²) in [6.45, 7) is 1.45. The number of hydrogen-bond donors (Lipinski definition) is 9. The van der Waals surface area contributed by atoms with Gasteiger partial charge in [-0.3, -0.25) is 19.2 Å². The Labute approximate surface area is 172 Å². The van der Waals surface area contributed by atoms with E-state index >= 15 is 0 Å². The molecule has 0 aromatic rings. The lowest BCUT2D eigenvalue weighted by atomic mass is 10.1. The molecule has 0 saturated carbocycles. The molecule has 172 valence electrons. The smallest absolute Gasteiger partial charge is 0.328 e. The number of aliphatic carboxylic acids is 1. The lowest BCUT2D eigenvalue weighted by Gasteiger charge is -2.26. The Morgan fingerprint density at radius 1 is 0.867 bits per heavy atom. The van der Waals surface area contributed by atoms with Crippen LogP contribution < -0.4 is 27.4 Å². The largest absolute Gasteiger partial charge is 0.480 e. The van der Waals surface area contributed by atoms with Gasteiger partial charge in [0, 0.05) is 6.42 Å². The summed E-state index contributed by atoms with van der Waals surface area (Å²) in [5, 5.41) is 43.3. The van der Waals surface area contributed by atoms with Gasteiger partial charge in [-0.2, -0.15) is 0 Å². The van der Waals surface area contributed by atoms with E-state index in [0.29, 0.717) is 0 Å². The molecule has 14 nitrogen and oxygen atoms in total. The lowest BCUT2D eigenvalue weighted by molar-refractivity contribution is -0.144. The number of carbonyl (C=O) groups excluding carboxylic acids is 4. The Morgan fingerprint density at radius 3 is 1.80 bits per heavy atom. The molecule has 0 aromatic heterocycles. The van der Waals surface area contributed by atoms with Gasteiger partial charge in [0.1, 0.15) is 24.2 Å². The van der Waals surface area contributed by atoms with Crippen LogP contribution in [-0.2, 0) is 24.0 Å². The maximum absolute atomic E-state index is 12.6. The predicted octanol–water partition coefficient (Wildman–Crippen LogP) is -5.13. The van der Waals surface area contributed by atoms with Gasteiger partial charge in [0.15, 0.2) is 0 Å². The van der Waals surface area contributed by atoms with E-state index in [2.05, 4.69) is 10.6 Å². The summed E-state index contributed by atoms with van der Waals surface area (Å²) < 4.78 is 0. The number of aliphatic hydroxyl groups excluding tert-OH is 3. The maximum atomic E-state index is 12.6. The van der Waals surface area contributed by atoms with Crippen LogP contribution in [0.4, 0.5) is 0 Å². The van der Waals surface area contributed by atoms with Gasteiger partial charge in [0.05, 0.1) is 18.8 Å². The minimum Gasteiger partial charge on any atom is -0.480 e. The van der Waals surface area contributed by atoms with Crippen molar-refractivity contribution in [2.45, 2.75) is 63.1 Å². The number of amides is 4. The summed E-state index contributed by atoms with van der Waals surface area (Å²) in [7, 11) is 0. The van der Waals surface area contributed by atoms with Gasteiger partial charge in [-0.25, -0.2) is 4.79 Å². The van der Waals surface area contributed by atoms with Crippen LogP contribution in [-0.4, -0.2) is 93.0 Å². The van der Waals surface area contributed by atoms with Gasteiger partial charge in [0.2, 0.25) is 23.6 Å². The number of aliphatic hydroxyl groups is 3. The van der Waals surface area contributed by atoms with Crippen molar-refractivity contribution in [3.63, 3.8) is 0 Å². The van der Waals surface area contributed by atoms with Gasteiger partial charge < -0.3 is 47.8 Å². The zero-order chi connectivity index (χ0) is 23.6. The fourth-order valence-electron chi connectivity index (χ4n) is 2.15. The summed E-state index contributed by atoms with van der Waals surface area (Å²) in [5.41, 5.74) is 10.5. The van der Waals surface area contributed by atoms with Gasteiger partial charge in [-0.05, 0) is 20.3 Å². The summed E-state index contributed by atoms with van der Waals surface area (Å²) in [5.74, 6) is -5.35. The van der Waals surface area contributed by atoms with Crippen molar-refractivity contribution in [3.05, 3.63) is 0 Å². The van der Waals surface area contributed by atoms with E-state index < -0.39 is 72.6 Å². The molecule has 0 heterocycles. The average molecular weight is 435 g/mol. The van der Waals surface area contributed by atoms with Crippen LogP contribution >= 0.6 is 0 Å². The van der Waals surface area contributed by atoms with E-state index in [1.54, 1.807) is 0 Å². The fourth-order valence-corrected chi connectivity index (χ4v) is 2.15. The number of nitrogens with two attached hydrogens (primary N) is 2. The summed E-state index contributed by atoms with van der Waals surface area (Å²) in [6, 6.07) is -6.11. The highest BCUT2D eigenvalue weighted by Gasteiger charge is 2.33. The molecule has 11 N–H and O–H groups in total. The highest BCUT2D eigenvalue weighted by molar-refractivity contribution is 5.94. The Hall–Kier alpha value is -2.81. The molecule has 6 unspecified atom stereocenters. The number of carboxylic acid groups (broad SMARTS) is 1. The van der Waals surface area contributed by atoms with Crippen LogP contribution in [0.5, 0.6) is 0 Å². The van der Waals surface area contributed by atoms with Crippen molar-refractivity contribution in [2.75, 3.05) is 6.61 Å². The van der Waals surface area contributed by atoms with E-state index in [9.17, 15) is 34.2 Å². The van der Waals surface area contributed by atoms with Gasteiger partial charge in [0.25, 0.3) is 0 Å². The van der Waals surface area contributed by atoms with Crippen LogP contribution in [0.25, 0.3) is 0 Å². The number of carboxylic acids is 1. The third-order valence-corrected chi connectivity index (χ3v) is 3.99. The van der Waals surface area contributed by atoms with Crippen molar-refractivity contribution in [3.8, 4) is 0 Å². The Kier molecular flexibility index (Phi) is 11.5. The first-order valence-electron chi connectivity index (χ1n) is 8.96. The Balaban J connectivity index is 5.41. The Bertz CT molecular complexity index is 641. The van der Waals surface area contributed by atoms with E-state index in [0.717, 1.165) is 6.92 Å². The van der Waals surface area contributed by atoms with Crippen LogP contribution in [0.1, 0.15) is 26.7 Å². The first-order valence-corrected chi connectivity index (χ1v) is 8.96. The molecule has 4 amide bonds. The second kappa shape index (κ2) is 12.7. The minimum atomic E-state index is -1.68. The monoisotopic (exact) mass is 435 g/mol. The molecule has 0 aromatic carbocycles. The third kappa shape index (κ3) is 9.13. The fraction of sp³-hybridized carbons (Fsp3) is 0.688. The van der Waals surface area contributed by atoms with Crippen LogP contribution in [0.3, 0.4) is 0 Å². The first-order chi connectivity index (χ1) is 13.8. The zero-order valence-corrected chi connectivity index (χ0v) is 16.6. The van der Waals surface area contributed by atoms with Crippen molar-refractivity contribution in [1.29, 1.82) is 0 Å². The molecule has 0 aliphatic carbocycles. The van der Waals surface area contributed by atoms with Gasteiger partial charge in [-0.15, -0.1) is 0 Å². The molecule has 0 spiro atoms. The highest BCUT2D eigenvalue weighted by atomic mass is 16.4. The number of hydrogen-bond acceptors (Lipinski definition) is 9. The third-order valence-electron chi connectivity index (χ3n) is 3.99. The summed E-state index contributed by atoms with van der Waals surface area (Å²) >= 11 is 0. The lowest BCUT2D eigenvalue weighted by Crippen LogP contribution is -2.60. The summed E-state index contributed by atoms with van der Waals surface area (Å²) in [6.07, 6.45) is -3.33. The molecule has 6 atom stereocenters. The van der Waals surface area contributed by atoms with Crippen LogP contribution in [0, 0.1) is 0 Å². The van der Waals surface area contributed by atoms with Crippen LogP contribution in [0.15, 0.2) is 0 Å². The first kappa shape index (κ1) is 27.2. The van der Waals surface area contributed by atoms with E-state index in [1.165, 1.54) is 6.92 Å². The standard InChI is InChI=1S/C16H29N5O9/c1-6(23)11(18)14(27)19-8(3-4-10(17)25)13(26)21-12(7(2)24)15(28)20-9(5-22)16(29)30/h6-9,11-12,22-24H,3-5,18H2,1-2H3,(H2,17,25)(H,19,27)(H,20,28)(H,21,26)(H,29,30). The second-order valence-corrected chi connectivity index (χ2v) is 6.64. The van der Waals surface area contributed by atoms with Gasteiger partial charge in [-0.1, -0.05) is 0 Å². The molecule has 0 saturated heterocycles. The molecule has 0 aliphatic heterocycles. The zero-order valence-electron chi connectivity index (χ0n) is 16.6. The quantitative estimate of drug-likeness (QED) is 0.133. The van der Waals surface area contributed by atoms with Crippen molar-refractivity contribution in [1.82, 2.24) is 16.0 Å². The minimum absolute atomic E-state index is 0.276. The normalized spacial score (nSPS) is 16.9. The van der Waals surface area contributed by atoms with Crippen LogP contribution in [0.2, 0.25) is 0 Å². The molecule has 30 heavy (non-hydrogen) atoms.